The van der Waals surface area contributed by atoms with Gasteiger partial charge in [-0.25, -0.2) is 0 Å². The summed E-state index contributed by atoms with van der Waals surface area (Å²) in [5, 5.41) is 0. The molecule has 2 aromatic carbocycles. The third-order valence-corrected chi connectivity index (χ3v) is 3.11. The molecule has 2 aromatic rings. The molecule has 0 saturated heterocycles. The number of alkyl halides is 4. The number of nitrogens with two attached hydrogens (primary N) is 1. The average Bonchev–Trinajstić information content (AvgIpc) is 2.47. The van der Waals surface area contributed by atoms with E-state index < -0.39 is 23.0 Å². The molecule has 0 fully saturated rings. The summed E-state index contributed by atoms with van der Waals surface area (Å²) in [6.07, 6.45) is 0. The van der Waals surface area contributed by atoms with Gasteiger partial charge in [0.2, 0.25) is 0 Å². The minimum absolute atomic E-state index is 0.00751. The second kappa shape index (κ2) is 5.25. The molecular formula is C15H13F4N. The van der Waals surface area contributed by atoms with Crippen LogP contribution >= 0.6 is 0 Å². The lowest BCUT2D eigenvalue weighted by atomic mass is 9.93. The van der Waals surface area contributed by atoms with Crippen molar-refractivity contribution in [1.29, 1.82) is 0 Å². The number of rotatable bonds is 4. The van der Waals surface area contributed by atoms with Crippen LogP contribution in [0, 0.1) is 0 Å². The van der Waals surface area contributed by atoms with Crippen LogP contribution in [0.25, 0.3) is 0 Å². The van der Waals surface area contributed by atoms with Crippen LogP contribution in [0.3, 0.4) is 0 Å². The quantitative estimate of drug-likeness (QED) is 0.842. The van der Waals surface area contributed by atoms with Crippen molar-refractivity contribution in [3.63, 3.8) is 0 Å². The van der Waals surface area contributed by atoms with Gasteiger partial charge in [0.05, 0.1) is 0 Å². The molecule has 0 radical (unpaired) electrons. The second-order valence-corrected chi connectivity index (χ2v) is 4.38. The zero-order valence-electron chi connectivity index (χ0n) is 10.5. The van der Waals surface area contributed by atoms with Crippen molar-refractivity contribution in [3.8, 4) is 0 Å². The van der Waals surface area contributed by atoms with Crippen molar-refractivity contribution in [2.75, 3.05) is 0 Å². The summed E-state index contributed by atoms with van der Waals surface area (Å²) < 4.78 is 56.8. The molecule has 0 unspecified atom stereocenters. The van der Waals surface area contributed by atoms with E-state index in [1.54, 1.807) is 0 Å². The highest BCUT2D eigenvalue weighted by Crippen LogP contribution is 2.50. The van der Waals surface area contributed by atoms with Gasteiger partial charge >= 0.3 is 11.8 Å². The number of hydrogen-bond donors (Lipinski definition) is 1. The Kier molecular flexibility index (Phi) is 3.81. The molecule has 0 aromatic heterocycles. The van der Waals surface area contributed by atoms with E-state index in [1.807, 2.05) is 0 Å². The maximum Gasteiger partial charge on any atom is 0.340 e. The van der Waals surface area contributed by atoms with Gasteiger partial charge in [-0.05, 0) is 5.56 Å². The molecule has 0 aliphatic rings. The normalized spacial score (nSPS) is 12.4. The molecule has 0 heterocycles. The molecule has 0 bridgehead atoms. The van der Waals surface area contributed by atoms with Gasteiger partial charge in [0.1, 0.15) is 0 Å². The summed E-state index contributed by atoms with van der Waals surface area (Å²) in [7, 11) is 0. The minimum atomic E-state index is -4.33. The molecule has 20 heavy (non-hydrogen) atoms. The summed E-state index contributed by atoms with van der Waals surface area (Å²) in [4.78, 5) is 0. The Labute approximate surface area is 114 Å². The van der Waals surface area contributed by atoms with Crippen LogP contribution in [0.15, 0.2) is 54.6 Å². The van der Waals surface area contributed by atoms with Gasteiger partial charge in [-0.3, -0.25) is 0 Å². The number of benzene rings is 2. The van der Waals surface area contributed by atoms with Gasteiger partial charge in [0.25, 0.3) is 0 Å². The van der Waals surface area contributed by atoms with Crippen molar-refractivity contribution in [1.82, 2.24) is 0 Å². The summed E-state index contributed by atoms with van der Waals surface area (Å²) in [5.41, 5.74) is 3.89. The monoisotopic (exact) mass is 283 g/mol. The lowest BCUT2D eigenvalue weighted by Crippen LogP contribution is -2.36. The van der Waals surface area contributed by atoms with Crippen molar-refractivity contribution < 1.29 is 17.6 Å². The maximum atomic E-state index is 14.3. The predicted molar refractivity (Wildman–Crippen MR) is 68.6 cm³/mol. The molecule has 0 atom stereocenters. The van der Waals surface area contributed by atoms with E-state index in [9.17, 15) is 17.6 Å². The summed E-state index contributed by atoms with van der Waals surface area (Å²) >= 11 is 0. The molecule has 1 nitrogen and oxygen atoms in total. The standard InChI is InChI=1S/C15H13F4N/c16-14(17,12-7-2-1-3-8-12)15(18,19)13-9-5-4-6-11(13)10-20/h1-9H,10,20H2. The number of halogens is 4. The summed E-state index contributed by atoms with van der Waals surface area (Å²) in [5.74, 6) is -8.64. The van der Waals surface area contributed by atoms with Gasteiger partial charge in [-0.2, -0.15) is 17.6 Å². The van der Waals surface area contributed by atoms with E-state index in [0.29, 0.717) is 0 Å². The summed E-state index contributed by atoms with van der Waals surface area (Å²) in [6.45, 7) is -0.226. The molecule has 106 valence electrons. The van der Waals surface area contributed by atoms with Crippen molar-refractivity contribution >= 4 is 0 Å². The fourth-order valence-electron chi connectivity index (χ4n) is 2.00. The Bertz CT molecular complexity index is 581. The highest BCUT2D eigenvalue weighted by molar-refractivity contribution is 5.35. The molecule has 0 spiro atoms. The van der Waals surface area contributed by atoms with Gasteiger partial charge in [-0.1, -0.05) is 54.6 Å². The fraction of sp³-hybridized carbons (Fsp3) is 0.200. The van der Waals surface area contributed by atoms with Crippen LogP contribution in [-0.2, 0) is 18.4 Å². The van der Waals surface area contributed by atoms with Crippen molar-refractivity contribution in [2.45, 2.75) is 18.4 Å². The molecule has 0 amide bonds. The van der Waals surface area contributed by atoms with Crippen LogP contribution in [0.1, 0.15) is 16.7 Å². The lowest BCUT2D eigenvalue weighted by molar-refractivity contribution is -0.224. The van der Waals surface area contributed by atoms with Crippen LogP contribution in [-0.4, -0.2) is 0 Å². The molecule has 2 N–H and O–H groups in total. The Morgan fingerprint density at radius 3 is 1.90 bits per heavy atom. The van der Waals surface area contributed by atoms with Crippen LogP contribution in [0.2, 0.25) is 0 Å². The van der Waals surface area contributed by atoms with Gasteiger partial charge in [0, 0.05) is 17.7 Å². The molecule has 0 aliphatic carbocycles. The zero-order chi connectivity index (χ0) is 14.8. The first-order valence-corrected chi connectivity index (χ1v) is 6.01. The van der Waals surface area contributed by atoms with Gasteiger partial charge in [0.15, 0.2) is 0 Å². The van der Waals surface area contributed by atoms with E-state index in [0.717, 1.165) is 18.2 Å². The largest absolute Gasteiger partial charge is 0.340 e. The smallest absolute Gasteiger partial charge is 0.326 e. The van der Waals surface area contributed by atoms with Crippen LogP contribution < -0.4 is 5.73 Å². The molecule has 5 heteroatoms. The van der Waals surface area contributed by atoms with E-state index >= 15 is 0 Å². The topological polar surface area (TPSA) is 26.0 Å². The minimum Gasteiger partial charge on any atom is -0.326 e. The van der Waals surface area contributed by atoms with E-state index in [4.69, 9.17) is 5.73 Å². The van der Waals surface area contributed by atoms with Crippen molar-refractivity contribution in [2.24, 2.45) is 5.73 Å². The first kappa shape index (κ1) is 14.5. The zero-order valence-corrected chi connectivity index (χ0v) is 10.5. The molecule has 2 rings (SSSR count). The fourth-order valence-corrected chi connectivity index (χ4v) is 2.00. The third kappa shape index (κ3) is 2.29. The summed E-state index contributed by atoms with van der Waals surface area (Å²) in [6, 6.07) is 11.2. The first-order chi connectivity index (χ1) is 9.41. The SMILES string of the molecule is NCc1ccccc1C(F)(F)C(F)(F)c1ccccc1. The van der Waals surface area contributed by atoms with E-state index in [1.165, 1.54) is 36.4 Å². The van der Waals surface area contributed by atoms with Crippen LogP contribution in [0.4, 0.5) is 17.6 Å². The number of hydrogen-bond acceptors (Lipinski definition) is 1. The maximum absolute atomic E-state index is 14.3. The Balaban J connectivity index is 2.54. The van der Waals surface area contributed by atoms with Crippen LogP contribution in [0.5, 0.6) is 0 Å². The first-order valence-electron chi connectivity index (χ1n) is 6.01. The van der Waals surface area contributed by atoms with Gasteiger partial charge in [-0.15, -0.1) is 0 Å². The lowest BCUT2D eigenvalue weighted by Gasteiger charge is -2.28. The second-order valence-electron chi connectivity index (χ2n) is 4.38. The predicted octanol–water partition coefficient (Wildman–Crippen LogP) is 4.03. The molecular weight excluding hydrogens is 270 g/mol. The van der Waals surface area contributed by atoms with E-state index in [-0.39, 0.29) is 12.1 Å². The van der Waals surface area contributed by atoms with Gasteiger partial charge < -0.3 is 5.73 Å². The highest BCUT2D eigenvalue weighted by atomic mass is 19.3. The third-order valence-electron chi connectivity index (χ3n) is 3.11. The Morgan fingerprint density at radius 2 is 1.30 bits per heavy atom. The Hall–Kier alpha value is -1.88. The van der Waals surface area contributed by atoms with E-state index in [2.05, 4.69) is 0 Å². The molecule has 0 aliphatic heterocycles. The van der Waals surface area contributed by atoms with Crippen molar-refractivity contribution in [3.05, 3.63) is 71.3 Å². The average molecular weight is 283 g/mol. The molecule has 0 saturated carbocycles. The highest BCUT2D eigenvalue weighted by Gasteiger charge is 2.58. The Morgan fingerprint density at radius 1 is 0.750 bits per heavy atom.